The second kappa shape index (κ2) is 6.99. The molecule has 0 amide bonds. The number of hydrogen-bond donors (Lipinski definition) is 1. The van der Waals surface area contributed by atoms with E-state index in [2.05, 4.69) is 20.6 Å². The van der Waals surface area contributed by atoms with Gasteiger partial charge < -0.3 is 14.8 Å². The van der Waals surface area contributed by atoms with Crippen LogP contribution in [0.5, 0.6) is 11.5 Å². The molecular formula is C17H19N5O2. The summed E-state index contributed by atoms with van der Waals surface area (Å²) < 4.78 is 12.4. The topological polar surface area (TPSA) is 74.1 Å². The van der Waals surface area contributed by atoms with Crippen molar-refractivity contribution in [3.05, 3.63) is 48.4 Å². The van der Waals surface area contributed by atoms with Gasteiger partial charge in [-0.05, 0) is 18.2 Å². The number of methoxy groups -OCH3 is 2. The number of benzene rings is 1. The Kier molecular flexibility index (Phi) is 4.60. The van der Waals surface area contributed by atoms with E-state index in [1.54, 1.807) is 31.3 Å². The van der Waals surface area contributed by atoms with E-state index < -0.39 is 0 Å². The van der Waals surface area contributed by atoms with Crippen molar-refractivity contribution in [2.75, 3.05) is 19.5 Å². The Balaban J connectivity index is 1.75. The van der Waals surface area contributed by atoms with Gasteiger partial charge in [-0.1, -0.05) is 0 Å². The van der Waals surface area contributed by atoms with Crippen LogP contribution in [0.4, 0.5) is 5.82 Å². The van der Waals surface area contributed by atoms with E-state index in [0.717, 1.165) is 28.2 Å². The number of hydrogen-bond acceptors (Lipinski definition) is 6. The smallest absolute Gasteiger partial charge is 0.149 e. The van der Waals surface area contributed by atoms with Gasteiger partial charge in [0.25, 0.3) is 0 Å². The highest BCUT2D eigenvalue weighted by Gasteiger charge is 2.07. The second-order valence-corrected chi connectivity index (χ2v) is 5.26. The third-order valence-corrected chi connectivity index (χ3v) is 3.65. The van der Waals surface area contributed by atoms with Crippen LogP contribution < -0.4 is 14.8 Å². The maximum atomic E-state index is 5.41. The minimum Gasteiger partial charge on any atom is -0.497 e. The van der Waals surface area contributed by atoms with Gasteiger partial charge in [0, 0.05) is 42.5 Å². The molecule has 0 aliphatic carbocycles. The first-order valence-electron chi connectivity index (χ1n) is 7.46. The van der Waals surface area contributed by atoms with E-state index >= 15 is 0 Å². The molecule has 7 heteroatoms. The summed E-state index contributed by atoms with van der Waals surface area (Å²) in [4.78, 5) is 0. The molecule has 3 aromatic rings. The summed E-state index contributed by atoms with van der Waals surface area (Å²) in [6, 6.07) is 7.66. The summed E-state index contributed by atoms with van der Waals surface area (Å²) in [5.74, 6) is 2.21. The lowest BCUT2D eigenvalue weighted by Crippen LogP contribution is -2.04. The van der Waals surface area contributed by atoms with Crippen molar-refractivity contribution < 1.29 is 9.47 Å². The zero-order valence-corrected chi connectivity index (χ0v) is 13.9. The van der Waals surface area contributed by atoms with Crippen molar-refractivity contribution in [3.8, 4) is 22.6 Å². The van der Waals surface area contributed by atoms with Crippen molar-refractivity contribution in [1.82, 2.24) is 20.0 Å². The van der Waals surface area contributed by atoms with Gasteiger partial charge in [-0.2, -0.15) is 10.2 Å². The predicted octanol–water partition coefficient (Wildman–Crippen LogP) is 2.51. The van der Waals surface area contributed by atoms with Crippen molar-refractivity contribution in [1.29, 1.82) is 0 Å². The van der Waals surface area contributed by atoms with Crippen LogP contribution in [0.1, 0.15) is 5.56 Å². The zero-order valence-electron chi connectivity index (χ0n) is 13.9. The number of nitrogens with zero attached hydrogens (tertiary/aromatic N) is 4. The predicted molar refractivity (Wildman–Crippen MR) is 91.1 cm³/mol. The standard InChI is InChI=1S/C17H19N5O2/c1-22-11-14(10-20-22)13-6-17(21-19-9-13)18-8-12-4-5-15(23-2)7-16(12)24-3/h4-7,9-11H,8H2,1-3H3,(H,18,21). The Morgan fingerprint density at radius 1 is 1.08 bits per heavy atom. The molecule has 0 fully saturated rings. The molecule has 0 radical (unpaired) electrons. The van der Waals surface area contributed by atoms with Gasteiger partial charge in [0.15, 0.2) is 0 Å². The molecule has 0 spiro atoms. The molecule has 3 rings (SSSR count). The molecule has 0 aliphatic heterocycles. The molecule has 124 valence electrons. The summed E-state index contributed by atoms with van der Waals surface area (Å²) in [5.41, 5.74) is 2.96. The third kappa shape index (κ3) is 3.45. The van der Waals surface area contributed by atoms with Crippen molar-refractivity contribution in [2.45, 2.75) is 6.54 Å². The molecule has 7 nitrogen and oxygen atoms in total. The molecule has 1 N–H and O–H groups in total. The lowest BCUT2D eigenvalue weighted by Gasteiger charge is -2.11. The van der Waals surface area contributed by atoms with Crippen molar-refractivity contribution in [3.63, 3.8) is 0 Å². The van der Waals surface area contributed by atoms with Gasteiger partial charge >= 0.3 is 0 Å². The fourth-order valence-electron chi connectivity index (χ4n) is 2.36. The van der Waals surface area contributed by atoms with Gasteiger partial charge in [0.1, 0.15) is 17.3 Å². The van der Waals surface area contributed by atoms with E-state index in [-0.39, 0.29) is 0 Å². The molecule has 0 saturated heterocycles. The maximum absolute atomic E-state index is 5.41. The molecule has 2 aromatic heterocycles. The van der Waals surface area contributed by atoms with Crippen molar-refractivity contribution >= 4 is 5.82 Å². The highest BCUT2D eigenvalue weighted by molar-refractivity contribution is 5.63. The number of rotatable bonds is 6. The summed E-state index contributed by atoms with van der Waals surface area (Å²) in [6.45, 7) is 0.568. The number of aromatic nitrogens is 4. The first-order chi connectivity index (χ1) is 11.7. The molecule has 0 unspecified atom stereocenters. The highest BCUT2D eigenvalue weighted by Crippen LogP contribution is 2.25. The molecule has 0 bridgehead atoms. The van der Waals surface area contributed by atoms with E-state index in [4.69, 9.17) is 9.47 Å². The van der Waals surface area contributed by atoms with Crippen LogP contribution in [0.25, 0.3) is 11.1 Å². The fraction of sp³-hybridized carbons (Fsp3) is 0.235. The Morgan fingerprint density at radius 3 is 2.67 bits per heavy atom. The largest absolute Gasteiger partial charge is 0.497 e. The van der Waals surface area contributed by atoms with E-state index in [9.17, 15) is 0 Å². The van der Waals surface area contributed by atoms with Crippen molar-refractivity contribution in [2.24, 2.45) is 7.05 Å². The van der Waals surface area contributed by atoms with Gasteiger partial charge in [0.2, 0.25) is 0 Å². The van der Waals surface area contributed by atoms with Gasteiger partial charge in [0.05, 0.1) is 26.6 Å². The Morgan fingerprint density at radius 2 is 1.96 bits per heavy atom. The van der Waals surface area contributed by atoms with Crippen LogP contribution in [0, 0.1) is 0 Å². The Labute approximate surface area is 140 Å². The fourth-order valence-corrected chi connectivity index (χ4v) is 2.36. The lowest BCUT2D eigenvalue weighted by atomic mass is 10.1. The first-order valence-corrected chi connectivity index (χ1v) is 7.46. The molecule has 2 heterocycles. The second-order valence-electron chi connectivity index (χ2n) is 5.26. The summed E-state index contributed by atoms with van der Waals surface area (Å²) >= 11 is 0. The minimum absolute atomic E-state index is 0.568. The van der Waals surface area contributed by atoms with Crippen LogP contribution in [-0.2, 0) is 13.6 Å². The van der Waals surface area contributed by atoms with E-state index in [0.29, 0.717) is 12.4 Å². The maximum Gasteiger partial charge on any atom is 0.149 e. The molecular weight excluding hydrogens is 306 g/mol. The molecule has 24 heavy (non-hydrogen) atoms. The Hall–Kier alpha value is -3.09. The Bertz CT molecular complexity index is 831. The van der Waals surface area contributed by atoms with E-state index in [1.807, 2.05) is 37.5 Å². The van der Waals surface area contributed by atoms with Crippen LogP contribution >= 0.6 is 0 Å². The first kappa shape index (κ1) is 15.8. The zero-order chi connectivity index (χ0) is 16.9. The molecule has 0 saturated carbocycles. The summed E-state index contributed by atoms with van der Waals surface area (Å²) in [6.07, 6.45) is 5.46. The monoisotopic (exact) mass is 325 g/mol. The van der Waals surface area contributed by atoms with Crippen LogP contribution in [0.2, 0.25) is 0 Å². The highest BCUT2D eigenvalue weighted by atomic mass is 16.5. The molecule has 0 aliphatic rings. The van der Waals surface area contributed by atoms with Crippen LogP contribution in [0.15, 0.2) is 42.9 Å². The third-order valence-electron chi connectivity index (χ3n) is 3.65. The number of aryl methyl sites for hydroxylation is 1. The minimum atomic E-state index is 0.568. The lowest BCUT2D eigenvalue weighted by molar-refractivity contribution is 0.391. The number of ether oxygens (including phenoxy) is 2. The SMILES string of the molecule is COc1ccc(CNc2cc(-c3cnn(C)c3)cnn2)c(OC)c1. The normalized spacial score (nSPS) is 10.5. The molecule has 0 atom stereocenters. The van der Waals surface area contributed by atoms with E-state index in [1.165, 1.54) is 0 Å². The van der Waals surface area contributed by atoms with Crippen LogP contribution in [0.3, 0.4) is 0 Å². The van der Waals surface area contributed by atoms with Gasteiger partial charge in [-0.25, -0.2) is 0 Å². The van der Waals surface area contributed by atoms with Gasteiger partial charge in [-0.3, -0.25) is 4.68 Å². The molecule has 1 aromatic carbocycles. The van der Waals surface area contributed by atoms with Gasteiger partial charge in [-0.15, -0.1) is 5.10 Å². The van der Waals surface area contributed by atoms with Crippen LogP contribution in [-0.4, -0.2) is 34.2 Å². The average molecular weight is 325 g/mol. The average Bonchev–Trinajstić information content (AvgIpc) is 3.06. The number of nitrogens with one attached hydrogen (secondary N) is 1. The quantitative estimate of drug-likeness (QED) is 0.750. The summed E-state index contributed by atoms with van der Waals surface area (Å²) in [7, 11) is 5.15. The number of anilines is 1. The summed E-state index contributed by atoms with van der Waals surface area (Å²) in [5, 5.41) is 15.6.